The van der Waals surface area contributed by atoms with Crippen LogP contribution in [0.2, 0.25) is 0 Å². The summed E-state index contributed by atoms with van der Waals surface area (Å²) in [6.07, 6.45) is 0. The molecule has 1 unspecified atom stereocenters. The Morgan fingerprint density at radius 1 is 1.42 bits per heavy atom. The van der Waals surface area contributed by atoms with Crippen LogP contribution in [0.4, 0.5) is 0 Å². The van der Waals surface area contributed by atoms with E-state index in [9.17, 15) is 9.59 Å². The lowest BCUT2D eigenvalue weighted by molar-refractivity contribution is -0.140. The van der Waals surface area contributed by atoms with E-state index in [4.69, 9.17) is 9.84 Å². The Morgan fingerprint density at radius 2 is 2.17 bits per heavy atom. The zero-order chi connectivity index (χ0) is 17.5. The van der Waals surface area contributed by atoms with Crippen LogP contribution < -0.4 is 5.32 Å². The third-order valence-corrected chi connectivity index (χ3v) is 5.04. The van der Waals surface area contributed by atoms with Gasteiger partial charge in [-0.3, -0.25) is 4.79 Å². The maximum atomic E-state index is 12.4. The lowest BCUT2D eigenvalue weighted by Gasteiger charge is -2.15. The van der Waals surface area contributed by atoms with E-state index in [1.807, 2.05) is 24.4 Å². The summed E-state index contributed by atoms with van der Waals surface area (Å²) in [5.74, 6) is -0.917. The molecule has 0 aliphatic rings. The summed E-state index contributed by atoms with van der Waals surface area (Å²) in [7, 11) is 1.39. The van der Waals surface area contributed by atoms with Crippen LogP contribution in [0.25, 0.3) is 0 Å². The lowest BCUT2D eigenvalue weighted by atomic mass is 10.2. The second-order valence-corrected chi connectivity index (χ2v) is 7.04. The average Bonchev–Trinajstić information content (AvgIpc) is 2.98. The van der Waals surface area contributed by atoms with E-state index in [-0.39, 0.29) is 6.61 Å². The molecule has 1 heterocycles. The Kier molecular flexibility index (Phi) is 6.77. The highest BCUT2D eigenvalue weighted by atomic mass is 32.2. The minimum absolute atomic E-state index is 0.0888. The zero-order valence-corrected chi connectivity index (χ0v) is 14.9. The molecule has 2 rings (SSSR count). The van der Waals surface area contributed by atoms with Crippen LogP contribution in [0.15, 0.2) is 34.5 Å². The van der Waals surface area contributed by atoms with Crippen LogP contribution in [-0.4, -0.2) is 41.7 Å². The van der Waals surface area contributed by atoms with Gasteiger partial charge in [0.05, 0.1) is 22.9 Å². The third-order valence-electron chi connectivity index (χ3n) is 3.11. The molecule has 1 atom stereocenters. The smallest absolute Gasteiger partial charge is 0.328 e. The van der Waals surface area contributed by atoms with Gasteiger partial charge in [-0.05, 0) is 19.1 Å². The summed E-state index contributed by atoms with van der Waals surface area (Å²) in [6.45, 7) is 1.86. The number of thioether (sulfide) groups is 1. The molecule has 2 aromatic rings. The molecule has 0 fully saturated rings. The van der Waals surface area contributed by atoms with Crippen molar-refractivity contribution in [2.24, 2.45) is 0 Å². The van der Waals surface area contributed by atoms with E-state index in [0.717, 1.165) is 15.6 Å². The molecule has 6 nitrogen and oxygen atoms in total. The number of hydrogen-bond donors (Lipinski definition) is 2. The van der Waals surface area contributed by atoms with E-state index >= 15 is 0 Å². The highest BCUT2D eigenvalue weighted by Gasteiger charge is 2.22. The van der Waals surface area contributed by atoms with Crippen molar-refractivity contribution in [1.29, 1.82) is 0 Å². The van der Waals surface area contributed by atoms with Gasteiger partial charge in [-0.1, -0.05) is 12.1 Å². The standard InChI is InChI=1S/C16H18N2O4S2/c1-10-17-11(8-23-10)9-24-14-6-4-3-5-12(14)15(19)18-13(7-22-2)16(20)21/h3-6,8,13H,7,9H2,1-2H3,(H,18,19)(H,20,21). The number of hydrogen-bond acceptors (Lipinski definition) is 6. The van der Waals surface area contributed by atoms with Crippen LogP contribution in [0.1, 0.15) is 21.1 Å². The number of aliphatic carboxylic acids is 1. The quantitative estimate of drug-likeness (QED) is 0.698. The van der Waals surface area contributed by atoms with Crippen LogP contribution >= 0.6 is 23.1 Å². The molecule has 24 heavy (non-hydrogen) atoms. The molecule has 1 amide bonds. The Bertz CT molecular complexity index is 718. The first kappa shape index (κ1) is 18.4. The summed E-state index contributed by atoms with van der Waals surface area (Å²) < 4.78 is 4.83. The first-order chi connectivity index (χ1) is 11.5. The number of carboxylic acids is 1. The topological polar surface area (TPSA) is 88.5 Å². The minimum Gasteiger partial charge on any atom is -0.480 e. The Hall–Kier alpha value is -1.90. The van der Waals surface area contributed by atoms with Crippen molar-refractivity contribution < 1.29 is 19.4 Å². The van der Waals surface area contributed by atoms with E-state index in [1.54, 1.807) is 23.5 Å². The summed E-state index contributed by atoms with van der Waals surface area (Å²) in [5, 5.41) is 14.6. The van der Waals surface area contributed by atoms with Gasteiger partial charge in [0, 0.05) is 23.1 Å². The number of carboxylic acid groups (broad SMARTS) is 1. The second kappa shape index (κ2) is 8.81. The molecule has 8 heteroatoms. The van der Waals surface area contributed by atoms with Gasteiger partial charge in [0.25, 0.3) is 5.91 Å². The van der Waals surface area contributed by atoms with Gasteiger partial charge >= 0.3 is 5.97 Å². The average molecular weight is 366 g/mol. The molecular formula is C16H18N2O4S2. The molecule has 2 N–H and O–H groups in total. The number of methoxy groups -OCH3 is 1. The molecule has 0 saturated heterocycles. The van der Waals surface area contributed by atoms with Crippen molar-refractivity contribution in [2.75, 3.05) is 13.7 Å². The van der Waals surface area contributed by atoms with E-state index < -0.39 is 17.9 Å². The van der Waals surface area contributed by atoms with Gasteiger partial charge < -0.3 is 15.2 Å². The number of carbonyl (C=O) groups is 2. The summed E-state index contributed by atoms with van der Waals surface area (Å²) in [4.78, 5) is 28.7. The van der Waals surface area contributed by atoms with Crippen LogP contribution in [0, 0.1) is 6.92 Å². The summed E-state index contributed by atoms with van der Waals surface area (Å²) in [5.41, 5.74) is 1.40. The normalized spacial score (nSPS) is 11.9. The molecule has 1 aromatic carbocycles. The van der Waals surface area contributed by atoms with Crippen molar-refractivity contribution in [2.45, 2.75) is 23.6 Å². The number of benzene rings is 1. The van der Waals surface area contributed by atoms with Gasteiger partial charge in [0.2, 0.25) is 0 Å². The number of amides is 1. The molecule has 0 radical (unpaired) electrons. The molecule has 0 aliphatic heterocycles. The number of nitrogens with one attached hydrogen (secondary N) is 1. The van der Waals surface area contributed by atoms with Crippen molar-refractivity contribution in [1.82, 2.24) is 10.3 Å². The molecule has 0 aliphatic carbocycles. The van der Waals surface area contributed by atoms with Crippen LogP contribution in [0.3, 0.4) is 0 Å². The fourth-order valence-corrected chi connectivity index (χ4v) is 3.64. The molecule has 0 bridgehead atoms. The number of carbonyl (C=O) groups excluding carboxylic acids is 1. The predicted molar refractivity (Wildman–Crippen MR) is 93.6 cm³/mol. The van der Waals surface area contributed by atoms with Crippen molar-refractivity contribution in [3.05, 3.63) is 45.9 Å². The lowest BCUT2D eigenvalue weighted by Crippen LogP contribution is -2.43. The van der Waals surface area contributed by atoms with Crippen LogP contribution in [0.5, 0.6) is 0 Å². The van der Waals surface area contributed by atoms with Crippen molar-refractivity contribution >= 4 is 35.0 Å². The SMILES string of the molecule is COCC(NC(=O)c1ccccc1SCc1csc(C)n1)C(=O)O. The number of thiazole rings is 1. The van der Waals surface area contributed by atoms with Crippen molar-refractivity contribution in [3.63, 3.8) is 0 Å². The number of aryl methyl sites for hydroxylation is 1. The van der Waals surface area contributed by atoms with Gasteiger partial charge in [-0.2, -0.15) is 0 Å². The highest BCUT2D eigenvalue weighted by Crippen LogP contribution is 2.26. The Balaban J connectivity index is 2.09. The van der Waals surface area contributed by atoms with Gasteiger partial charge in [-0.15, -0.1) is 23.1 Å². The number of nitrogens with zero attached hydrogens (tertiary/aromatic N) is 1. The fourth-order valence-electron chi connectivity index (χ4n) is 1.98. The fraction of sp³-hybridized carbons (Fsp3) is 0.312. The highest BCUT2D eigenvalue weighted by molar-refractivity contribution is 7.98. The van der Waals surface area contributed by atoms with Gasteiger partial charge in [0.1, 0.15) is 0 Å². The first-order valence-corrected chi connectivity index (χ1v) is 9.03. The summed E-state index contributed by atoms with van der Waals surface area (Å²) in [6, 6.07) is 6.02. The Labute approximate surface area is 148 Å². The monoisotopic (exact) mass is 366 g/mol. The first-order valence-electron chi connectivity index (χ1n) is 7.16. The molecular weight excluding hydrogens is 348 g/mol. The number of aromatic nitrogens is 1. The van der Waals surface area contributed by atoms with E-state index in [1.165, 1.54) is 18.9 Å². The molecule has 0 saturated carbocycles. The third kappa shape index (κ3) is 5.05. The number of rotatable bonds is 8. The zero-order valence-electron chi connectivity index (χ0n) is 13.3. The maximum Gasteiger partial charge on any atom is 0.328 e. The molecule has 0 spiro atoms. The van der Waals surface area contributed by atoms with Gasteiger partial charge in [0.15, 0.2) is 6.04 Å². The second-order valence-electron chi connectivity index (χ2n) is 4.96. The van der Waals surface area contributed by atoms with E-state index in [2.05, 4.69) is 10.3 Å². The van der Waals surface area contributed by atoms with Gasteiger partial charge in [-0.25, -0.2) is 9.78 Å². The molecule has 1 aromatic heterocycles. The van der Waals surface area contributed by atoms with Crippen LogP contribution in [-0.2, 0) is 15.3 Å². The largest absolute Gasteiger partial charge is 0.480 e. The predicted octanol–water partition coefficient (Wildman–Crippen LogP) is 2.57. The Morgan fingerprint density at radius 3 is 2.79 bits per heavy atom. The summed E-state index contributed by atoms with van der Waals surface area (Å²) >= 11 is 3.08. The molecule has 128 valence electrons. The van der Waals surface area contributed by atoms with Crippen molar-refractivity contribution in [3.8, 4) is 0 Å². The minimum atomic E-state index is -1.13. The maximum absolute atomic E-state index is 12.4. The van der Waals surface area contributed by atoms with E-state index in [0.29, 0.717) is 11.3 Å². The number of ether oxygens (including phenoxy) is 1.